The second-order valence-corrected chi connectivity index (χ2v) is 2.25. The minimum atomic E-state index is -2.40. The highest BCUT2D eigenvalue weighted by Crippen LogP contribution is 2.28. The molecule has 0 saturated heterocycles. The van der Waals surface area contributed by atoms with Crippen molar-refractivity contribution in [1.82, 2.24) is 5.32 Å². The molecule has 0 unspecified atom stereocenters. The summed E-state index contributed by atoms with van der Waals surface area (Å²) in [5.41, 5.74) is 0. The molecule has 2 heteroatoms. The van der Waals surface area contributed by atoms with Gasteiger partial charge in [0.1, 0.15) is 0 Å². The van der Waals surface area contributed by atoms with Gasteiger partial charge in [-0.05, 0) is 26.6 Å². The van der Waals surface area contributed by atoms with E-state index in [2.05, 4.69) is 5.32 Å². The van der Waals surface area contributed by atoms with Gasteiger partial charge in [-0.3, -0.25) is 4.79 Å². The molecule has 52 valence electrons. The van der Waals surface area contributed by atoms with Crippen LogP contribution in [-0.4, -0.2) is 11.9 Å². The molecule has 1 fully saturated rings. The van der Waals surface area contributed by atoms with Gasteiger partial charge in [0, 0.05) is 18.8 Å². The summed E-state index contributed by atoms with van der Waals surface area (Å²) in [6.45, 7) is 3.35. The lowest BCUT2D eigenvalue weighted by atomic mass is 10.3. The molecule has 9 heavy (non-hydrogen) atoms. The molecular weight excluding hydrogens is 114 g/mol. The van der Waals surface area contributed by atoms with Gasteiger partial charge in [-0.2, -0.15) is 0 Å². The molecule has 2 nitrogen and oxygen atoms in total. The van der Waals surface area contributed by atoms with Crippen LogP contribution in [0.1, 0.15) is 33.4 Å². The fourth-order valence-corrected chi connectivity index (χ4v) is 0.479. The fraction of sp³-hybridized carbons (Fsp3) is 0.857. The summed E-state index contributed by atoms with van der Waals surface area (Å²) < 4.78 is 36.4. The van der Waals surface area contributed by atoms with Crippen molar-refractivity contribution >= 4 is 5.91 Å². The maximum absolute atomic E-state index is 11.4. The van der Waals surface area contributed by atoms with Crippen molar-refractivity contribution in [2.24, 2.45) is 5.89 Å². The monoisotopic (exact) mass is 132 g/mol. The quantitative estimate of drug-likeness (QED) is 0.594. The highest BCUT2D eigenvalue weighted by Gasteiger charge is 2.29. The zero-order chi connectivity index (χ0) is 11.4. The van der Waals surface area contributed by atoms with Crippen LogP contribution in [0, 0.1) is 5.89 Å². The lowest BCUT2D eigenvalue weighted by molar-refractivity contribution is -0.122. The minimum absolute atomic E-state index is 0.225. The summed E-state index contributed by atoms with van der Waals surface area (Å²) in [6.07, 6.45) is -4.81. The van der Waals surface area contributed by atoms with Crippen LogP contribution in [0.25, 0.3) is 0 Å². The summed E-state index contributed by atoms with van der Waals surface area (Å²) in [5, 5.41) is 2.35. The number of nitrogens with one attached hydrogen (secondary N) is 1. The molecule has 1 aliphatic carbocycles. The van der Waals surface area contributed by atoms with E-state index in [4.69, 9.17) is 6.85 Å². The molecule has 0 aromatic heterocycles. The molecule has 0 radical (unpaired) electrons. The Hall–Kier alpha value is -0.530. The van der Waals surface area contributed by atoms with Gasteiger partial charge in [0.2, 0.25) is 5.91 Å². The first-order chi connectivity index (χ1) is 6.09. The second kappa shape index (κ2) is 2.38. The number of amides is 1. The van der Waals surface area contributed by atoms with Gasteiger partial charge in [0.25, 0.3) is 0 Å². The first kappa shape index (κ1) is 2.60. The Bertz CT molecular complexity index is 261. The molecule has 0 spiro atoms. The molecule has 0 atom stereocenters. The van der Waals surface area contributed by atoms with E-state index in [-0.39, 0.29) is 6.04 Å². The van der Waals surface area contributed by atoms with Crippen LogP contribution in [-0.2, 0) is 4.79 Å². The summed E-state index contributed by atoms with van der Waals surface area (Å²) in [5.74, 6) is -3.19. The third-order valence-corrected chi connectivity index (χ3v) is 0.897. The van der Waals surface area contributed by atoms with Crippen molar-refractivity contribution in [2.75, 3.05) is 0 Å². The molecule has 0 aromatic carbocycles. The average molecular weight is 132 g/mol. The molecule has 1 N–H and O–H groups in total. The SMILES string of the molecule is [2H]C1([2H])C([2H])([2H])C1([2H])C(=O)NC(C)C. The first-order valence-corrected chi connectivity index (χ1v) is 2.90. The molecule has 0 aromatic rings. The van der Waals surface area contributed by atoms with Gasteiger partial charge in [0.15, 0.2) is 0 Å². The van der Waals surface area contributed by atoms with Crippen molar-refractivity contribution in [3.63, 3.8) is 0 Å². The second-order valence-electron chi connectivity index (χ2n) is 2.25. The number of rotatable bonds is 2. The third kappa shape index (κ3) is 2.04. The highest BCUT2D eigenvalue weighted by atomic mass is 16.2. The van der Waals surface area contributed by atoms with E-state index in [1.165, 1.54) is 0 Å². The maximum Gasteiger partial charge on any atom is 0.223 e. The van der Waals surface area contributed by atoms with E-state index >= 15 is 0 Å². The van der Waals surface area contributed by atoms with Gasteiger partial charge in [0.05, 0.1) is 0 Å². The molecule has 0 heterocycles. The fourth-order valence-electron chi connectivity index (χ4n) is 0.479. The number of hydrogen-bond donors (Lipinski definition) is 1. The highest BCUT2D eigenvalue weighted by molar-refractivity contribution is 5.80. The molecule has 1 amide bonds. The van der Waals surface area contributed by atoms with Gasteiger partial charge in [-0.25, -0.2) is 0 Å². The van der Waals surface area contributed by atoms with Crippen molar-refractivity contribution < 1.29 is 11.6 Å². The third-order valence-electron chi connectivity index (χ3n) is 0.897. The van der Waals surface area contributed by atoms with Crippen LogP contribution in [0.15, 0.2) is 0 Å². The summed E-state index contributed by atoms with van der Waals surface area (Å²) in [7, 11) is 0. The van der Waals surface area contributed by atoms with E-state index in [9.17, 15) is 4.79 Å². The topological polar surface area (TPSA) is 29.1 Å². The van der Waals surface area contributed by atoms with Crippen LogP contribution >= 0.6 is 0 Å². The normalized spacial score (nSPS) is 41.0. The van der Waals surface area contributed by atoms with Crippen molar-refractivity contribution in [2.45, 2.75) is 32.6 Å². The standard InChI is InChI=1S/C7H13NO/c1-5(2)8-7(9)6-3-4-6/h5-6H,3-4H2,1-2H3,(H,8,9)/i3D2,4D2,6D. The molecular formula is C7H13NO. The van der Waals surface area contributed by atoms with Crippen molar-refractivity contribution in [3.8, 4) is 0 Å². The Kier molecular flexibility index (Phi) is 0.688. The Morgan fingerprint density at radius 3 is 2.78 bits per heavy atom. The van der Waals surface area contributed by atoms with Crippen molar-refractivity contribution in [3.05, 3.63) is 0 Å². The van der Waals surface area contributed by atoms with Crippen LogP contribution < -0.4 is 5.32 Å². The molecule has 1 rings (SSSR count). The Balaban J connectivity index is 2.86. The van der Waals surface area contributed by atoms with Gasteiger partial charge < -0.3 is 5.32 Å². The lowest BCUT2D eigenvalue weighted by Gasteiger charge is -2.05. The van der Waals surface area contributed by atoms with E-state index in [1.54, 1.807) is 13.8 Å². The number of carbonyl (C=O) groups is 1. The van der Waals surface area contributed by atoms with E-state index < -0.39 is 24.5 Å². The zero-order valence-corrected chi connectivity index (χ0v) is 5.49. The zero-order valence-electron chi connectivity index (χ0n) is 10.5. The van der Waals surface area contributed by atoms with E-state index in [0.29, 0.717) is 0 Å². The van der Waals surface area contributed by atoms with Crippen LogP contribution in [0.3, 0.4) is 0 Å². The predicted octanol–water partition coefficient (Wildman–Crippen LogP) is 0.921. The Labute approximate surface area is 62.7 Å². The van der Waals surface area contributed by atoms with Crippen LogP contribution in [0.4, 0.5) is 0 Å². The predicted molar refractivity (Wildman–Crippen MR) is 36.0 cm³/mol. The van der Waals surface area contributed by atoms with Gasteiger partial charge >= 0.3 is 0 Å². The van der Waals surface area contributed by atoms with Gasteiger partial charge in [-0.1, -0.05) is 0 Å². The number of hydrogen-bond acceptors (Lipinski definition) is 1. The van der Waals surface area contributed by atoms with Crippen LogP contribution in [0.5, 0.6) is 0 Å². The largest absolute Gasteiger partial charge is 0.354 e. The molecule has 0 aliphatic heterocycles. The lowest BCUT2D eigenvalue weighted by Crippen LogP contribution is -2.31. The average Bonchev–Trinajstić information content (AvgIpc) is 2.28. The van der Waals surface area contributed by atoms with E-state index in [1.807, 2.05) is 0 Å². The van der Waals surface area contributed by atoms with Crippen LogP contribution in [0.2, 0.25) is 0 Å². The summed E-state index contributed by atoms with van der Waals surface area (Å²) in [4.78, 5) is 11.4. The Morgan fingerprint density at radius 1 is 1.89 bits per heavy atom. The maximum atomic E-state index is 11.4. The van der Waals surface area contributed by atoms with Crippen molar-refractivity contribution in [1.29, 1.82) is 0 Å². The smallest absolute Gasteiger partial charge is 0.223 e. The minimum Gasteiger partial charge on any atom is -0.354 e. The molecule has 0 bridgehead atoms. The summed E-state index contributed by atoms with van der Waals surface area (Å²) in [6, 6.07) is -0.225. The van der Waals surface area contributed by atoms with Gasteiger partial charge in [-0.15, -0.1) is 0 Å². The Morgan fingerprint density at radius 2 is 2.44 bits per heavy atom. The number of carbonyl (C=O) groups excluding carboxylic acids is 1. The first-order valence-electron chi connectivity index (χ1n) is 5.40. The molecule has 1 saturated carbocycles. The summed E-state index contributed by atoms with van der Waals surface area (Å²) >= 11 is 0. The van der Waals surface area contributed by atoms with E-state index in [0.717, 1.165) is 0 Å². The molecule has 1 aliphatic rings.